The summed E-state index contributed by atoms with van der Waals surface area (Å²) < 4.78 is 0. The van der Waals surface area contributed by atoms with Crippen LogP contribution in [0.25, 0.3) is 10.6 Å². The molecule has 1 amide bonds. The Morgan fingerprint density at radius 3 is 2.71 bits per heavy atom. The van der Waals surface area contributed by atoms with Gasteiger partial charge in [0, 0.05) is 16.0 Å². The summed E-state index contributed by atoms with van der Waals surface area (Å²) in [6.07, 6.45) is 2.36. The van der Waals surface area contributed by atoms with Crippen LogP contribution in [0.4, 0.5) is 0 Å². The lowest BCUT2D eigenvalue weighted by Gasteiger charge is -2.13. The average molecular weight is 385 g/mol. The zero-order chi connectivity index (χ0) is 17.5. The number of carboxylic acids is 1. The van der Waals surface area contributed by atoms with Crippen molar-refractivity contribution in [3.8, 4) is 10.6 Å². The van der Waals surface area contributed by atoms with Crippen LogP contribution in [0.1, 0.15) is 12.1 Å². The van der Waals surface area contributed by atoms with Crippen LogP contribution < -0.4 is 5.32 Å². The van der Waals surface area contributed by atoms with Gasteiger partial charge in [0.2, 0.25) is 5.91 Å². The van der Waals surface area contributed by atoms with Crippen LogP contribution in [-0.4, -0.2) is 40.0 Å². The Morgan fingerprint density at radius 1 is 1.38 bits per heavy atom. The molecule has 0 saturated heterocycles. The molecule has 1 atom stereocenters. The number of rotatable bonds is 8. The molecule has 0 spiro atoms. The zero-order valence-corrected chi connectivity index (χ0v) is 15.4. The van der Waals surface area contributed by atoms with Gasteiger partial charge in [-0.2, -0.15) is 11.8 Å². The van der Waals surface area contributed by atoms with E-state index in [-0.39, 0.29) is 12.3 Å². The van der Waals surface area contributed by atoms with Crippen LogP contribution in [0.2, 0.25) is 5.02 Å². The highest BCUT2D eigenvalue weighted by Gasteiger charge is 2.20. The Bertz CT molecular complexity index is 704. The van der Waals surface area contributed by atoms with Crippen molar-refractivity contribution in [1.29, 1.82) is 0 Å². The van der Waals surface area contributed by atoms with Gasteiger partial charge in [0.1, 0.15) is 11.0 Å². The van der Waals surface area contributed by atoms with Crippen molar-refractivity contribution in [3.63, 3.8) is 0 Å². The number of nitrogens with zero attached hydrogens (tertiary/aromatic N) is 1. The molecule has 1 heterocycles. The Morgan fingerprint density at radius 2 is 2.08 bits per heavy atom. The number of aliphatic carboxylic acids is 1. The first-order chi connectivity index (χ1) is 11.5. The predicted octanol–water partition coefficient (Wildman–Crippen LogP) is 3.33. The SMILES string of the molecule is CSCC[C@H](NC(=O)Cc1csc(-c2ccc(Cl)cc2)n1)C(=O)O. The number of thiazole rings is 1. The van der Waals surface area contributed by atoms with E-state index in [4.69, 9.17) is 16.7 Å². The van der Waals surface area contributed by atoms with E-state index in [2.05, 4.69) is 10.3 Å². The fourth-order valence-corrected chi connectivity index (χ4v) is 3.44. The van der Waals surface area contributed by atoms with Gasteiger partial charge < -0.3 is 10.4 Å². The number of carboxylic acid groups (broad SMARTS) is 1. The van der Waals surface area contributed by atoms with Crippen molar-refractivity contribution >= 4 is 46.6 Å². The van der Waals surface area contributed by atoms with Crippen LogP contribution in [0.15, 0.2) is 29.6 Å². The number of hydrogen-bond acceptors (Lipinski definition) is 5. The van der Waals surface area contributed by atoms with Gasteiger partial charge in [-0.05, 0) is 30.6 Å². The first kappa shape index (κ1) is 18.8. The summed E-state index contributed by atoms with van der Waals surface area (Å²) in [6, 6.07) is 6.45. The molecule has 5 nitrogen and oxygen atoms in total. The second-order valence-electron chi connectivity index (χ2n) is 5.07. The van der Waals surface area contributed by atoms with E-state index in [0.717, 1.165) is 10.6 Å². The molecule has 0 fully saturated rings. The Kier molecular flexibility index (Phi) is 7.08. The van der Waals surface area contributed by atoms with Gasteiger partial charge in [0.15, 0.2) is 0 Å². The van der Waals surface area contributed by atoms with E-state index in [1.54, 1.807) is 29.3 Å². The standard InChI is InChI=1S/C16H17ClN2O3S2/c1-23-7-6-13(16(21)22)19-14(20)8-12-9-24-15(18-12)10-2-4-11(17)5-3-10/h2-5,9,13H,6-8H2,1H3,(H,19,20)(H,21,22)/t13-/m0/s1. The summed E-state index contributed by atoms with van der Waals surface area (Å²) >= 11 is 8.85. The number of hydrogen-bond donors (Lipinski definition) is 2. The summed E-state index contributed by atoms with van der Waals surface area (Å²) in [6.45, 7) is 0. The van der Waals surface area contributed by atoms with Crippen LogP contribution in [0, 0.1) is 0 Å². The first-order valence-electron chi connectivity index (χ1n) is 7.21. The Hall–Kier alpha value is -1.57. The second kappa shape index (κ2) is 9.05. The third kappa shape index (κ3) is 5.51. The van der Waals surface area contributed by atoms with Gasteiger partial charge in [-0.1, -0.05) is 23.7 Å². The number of halogens is 1. The molecule has 0 aliphatic carbocycles. The summed E-state index contributed by atoms with van der Waals surface area (Å²) in [4.78, 5) is 27.6. The van der Waals surface area contributed by atoms with E-state index in [1.165, 1.54) is 11.3 Å². The molecule has 0 bridgehead atoms. The number of carbonyl (C=O) groups is 2. The summed E-state index contributed by atoms with van der Waals surface area (Å²) in [5, 5.41) is 15.0. The number of nitrogens with one attached hydrogen (secondary N) is 1. The summed E-state index contributed by atoms with van der Waals surface area (Å²) in [5.41, 5.74) is 1.55. The lowest BCUT2D eigenvalue weighted by Crippen LogP contribution is -2.41. The van der Waals surface area contributed by atoms with E-state index >= 15 is 0 Å². The zero-order valence-electron chi connectivity index (χ0n) is 13.0. The van der Waals surface area contributed by atoms with Crippen LogP contribution in [0.3, 0.4) is 0 Å². The minimum atomic E-state index is -1.02. The molecule has 128 valence electrons. The highest BCUT2D eigenvalue weighted by molar-refractivity contribution is 7.98. The normalized spacial score (nSPS) is 11.9. The van der Waals surface area contributed by atoms with Crippen LogP contribution in [0.5, 0.6) is 0 Å². The molecule has 2 rings (SSSR count). The lowest BCUT2D eigenvalue weighted by atomic mass is 10.2. The maximum atomic E-state index is 12.0. The minimum absolute atomic E-state index is 0.0626. The van der Waals surface area contributed by atoms with Crippen LogP contribution in [-0.2, 0) is 16.0 Å². The van der Waals surface area contributed by atoms with Gasteiger partial charge in [-0.25, -0.2) is 9.78 Å². The van der Waals surface area contributed by atoms with Gasteiger partial charge in [-0.15, -0.1) is 11.3 Å². The van der Waals surface area contributed by atoms with Crippen molar-refractivity contribution in [2.45, 2.75) is 18.9 Å². The van der Waals surface area contributed by atoms with Gasteiger partial charge in [0.05, 0.1) is 12.1 Å². The Labute approximate surface area is 153 Å². The molecule has 24 heavy (non-hydrogen) atoms. The van der Waals surface area contributed by atoms with Crippen molar-refractivity contribution in [1.82, 2.24) is 10.3 Å². The molecule has 0 radical (unpaired) electrons. The van der Waals surface area contributed by atoms with E-state index < -0.39 is 12.0 Å². The van der Waals surface area contributed by atoms with E-state index in [1.807, 2.05) is 18.4 Å². The Balaban J connectivity index is 1.97. The highest BCUT2D eigenvalue weighted by atomic mass is 35.5. The topological polar surface area (TPSA) is 79.3 Å². The average Bonchev–Trinajstić information content (AvgIpc) is 3.00. The van der Waals surface area contributed by atoms with Crippen LogP contribution >= 0.6 is 34.7 Å². The number of thioether (sulfide) groups is 1. The molecular formula is C16H17ClN2O3S2. The third-order valence-electron chi connectivity index (χ3n) is 3.23. The largest absolute Gasteiger partial charge is 0.480 e. The molecule has 0 aliphatic heterocycles. The molecule has 8 heteroatoms. The summed E-state index contributed by atoms with van der Waals surface area (Å²) in [7, 11) is 0. The van der Waals surface area contributed by atoms with Crippen molar-refractivity contribution < 1.29 is 14.7 Å². The van der Waals surface area contributed by atoms with Crippen molar-refractivity contribution in [2.24, 2.45) is 0 Å². The third-order valence-corrected chi connectivity index (χ3v) is 5.06. The number of carbonyl (C=O) groups excluding carboxylic acids is 1. The van der Waals surface area contributed by atoms with E-state index in [0.29, 0.717) is 22.9 Å². The fourth-order valence-electron chi connectivity index (χ4n) is 2.02. The molecule has 0 unspecified atom stereocenters. The fraction of sp³-hybridized carbons (Fsp3) is 0.312. The number of amides is 1. The quantitative estimate of drug-likeness (QED) is 0.729. The van der Waals surface area contributed by atoms with Gasteiger partial charge >= 0.3 is 5.97 Å². The second-order valence-corrected chi connectivity index (χ2v) is 7.35. The maximum absolute atomic E-state index is 12.0. The molecule has 0 aliphatic rings. The van der Waals surface area contributed by atoms with Crippen molar-refractivity contribution in [3.05, 3.63) is 40.4 Å². The molecule has 1 aromatic carbocycles. The summed E-state index contributed by atoms with van der Waals surface area (Å²) in [5.74, 6) is -0.678. The van der Waals surface area contributed by atoms with E-state index in [9.17, 15) is 9.59 Å². The monoisotopic (exact) mass is 384 g/mol. The number of aromatic nitrogens is 1. The molecule has 2 aromatic rings. The molecular weight excluding hydrogens is 368 g/mol. The van der Waals surface area contributed by atoms with Crippen molar-refractivity contribution in [2.75, 3.05) is 12.0 Å². The molecule has 0 saturated carbocycles. The van der Waals surface area contributed by atoms with Gasteiger partial charge in [-0.3, -0.25) is 4.79 Å². The highest BCUT2D eigenvalue weighted by Crippen LogP contribution is 2.25. The molecule has 1 aromatic heterocycles. The van der Waals surface area contributed by atoms with Gasteiger partial charge in [0.25, 0.3) is 0 Å². The minimum Gasteiger partial charge on any atom is -0.480 e. The predicted molar refractivity (Wildman–Crippen MR) is 98.8 cm³/mol. The smallest absolute Gasteiger partial charge is 0.326 e. The molecule has 2 N–H and O–H groups in total. The lowest BCUT2D eigenvalue weighted by molar-refractivity contribution is -0.141. The first-order valence-corrected chi connectivity index (χ1v) is 9.86. The maximum Gasteiger partial charge on any atom is 0.326 e. The number of benzene rings is 1.